The van der Waals surface area contributed by atoms with Gasteiger partial charge in [0.15, 0.2) is 0 Å². The second-order valence-electron chi connectivity index (χ2n) is 4.44. The van der Waals surface area contributed by atoms with E-state index in [2.05, 4.69) is 28.1 Å². The number of halogens is 2. The molecule has 0 aliphatic heterocycles. The molecular weight excluding hydrogens is 322 g/mol. The molecule has 0 spiro atoms. The first-order chi connectivity index (χ1) is 9.16. The summed E-state index contributed by atoms with van der Waals surface area (Å²) in [7, 11) is 0. The van der Waals surface area contributed by atoms with Crippen LogP contribution < -0.4 is 0 Å². The summed E-state index contributed by atoms with van der Waals surface area (Å²) in [5, 5.41) is 1.70. The first-order valence-corrected chi connectivity index (χ1v) is 7.14. The topological polar surface area (TPSA) is 12.9 Å². The molecule has 0 aliphatic carbocycles. The van der Waals surface area contributed by atoms with E-state index >= 15 is 0 Å². The average Bonchev–Trinajstić information content (AvgIpc) is 2.43. The fourth-order valence-corrected chi connectivity index (χ4v) is 3.13. The minimum Gasteiger partial charge on any atom is -0.247 e. The number of hydrogen-bond acceptors (Lipinski definition) is 1. The van der Waals surface area contributed by atoms with Gasteiger partial charge in [-0.15, -0.1) is 0 Å². The maximum absolute atomic E-state index is 6.26. The van der Waals surface area contributed by atoms with Gasteiger partial charge in [-0.05, 0) is 40.5 Å². The molecule has 0 atom stereocenters. The van der Waals surface area contributed by atoms with Crippen LogP contribution in [0.25, 0.3) is 22.2 Å². The molecule has 0 saturated heterocycles. The number of hydrogen-bond donors (Lipinski definition) is 0. The predicted octanol–water partition coefficient (Wildman–Crippen LogP) is 5.63. The Morgan fingerprint density at radius 2 is 1.79 bits per heavy atom. The number of pyridine rings is 1. The lowest BCUT2D eigenvalue weighted by Gasteiger charge is -2.09. The lowest BCUT2D eigenvalue weighted by molar-refractivity contribution is 1.35. The van der Waals surface area contributed by atoms with E-state index in [0.29, 0.717) is 0 Å². The van der Waals surface area contributed by atoms with Gasteiger partial charge in [-0.1, -0.05) is 48.0 Å². The lowest BCUT2D eigenvalue weighted by Crippen LogP contribution is -1.90. The summed E-state index contributed by atoms with van der Waals surface area (Å²) in [5.74, 6) is 0. The molecule has 0 N–H and O–H groups in total. The van der Waals surface area contributed by atoms with Crippen LogP contribution in [0.15, 0.2) is 53.0 Å². The van der Waals surface area contributed by atoms with Crippen molar-refractivity contribution in [2.45, 2.75) is 6.92 Å². The molecular formula is C16H11BrClN. The summed E-state index contributed by atoms with van der Waals surface area (Å²) >= 11 is 9.87. The van der Waals surface area contributed by atoms with Crippen LogP contribution in [0.1, 0.15) is 5.56 Å². The normalized spacial score (nSPS) is 10.9. The minimum atomic E-state index is 0.722. The zero-order valence-electron chi connectivity index (χ0n) is 10.3. The quantitative estimate of drug-likeness (QED) is 0.563. The van der Waals surface area contributed by atoms with Crippen molar-refractivity contribution in [1.29, 1.82) is 0 Å². The standard InChI is InChI=1S/C16H11BrClN/c1-10-7-8-13(18)15-12(17)9-14(19-16(10)15)11-5-3-2-4-6-11/h2-9H,1H3. The van der Waals surface area contributed by atoms with Crippen molar-refractivity contribution in [3.05, 3.63) is 63.6 Å². The average molecular weight is 333 g/mol. The summed E-state index contributed by atoms with van der Waals surface area (Å²) < 4.78 is 0.977. The molecule has 3 heteroatoms. The maximum atomic E-state index is 6.26. The third-order valence-electron chi connectivity index (χ3n) is 3.13. The Labute approximate surface area is 125 Å². The molecule has 0 saturated carbocycles. The second-order valence-corrected chi connectivity index (χ2v) is 5.70. The van der Waals surface area contributed by atoms with Crippen LogP contribution >= 0.6 is 27.5 Å². The van der Waals surface area contributed by atoms with Gasteiger partial charge in [0.05, 0.1) is 16.2 Å². The van der Waals surface area contributed by atoms with Crippen molar-refractivity contribution in [3.8, 4) is 11.3 Å². The van der Waals surface area contributed by atoms with Crippen LogP contribution in [0.3, 0.4) is 0 Å². The van der Waals surface area contributed by atoms with Crippen molar-refractivity contribution in [2.75, 3.05) is 0 Å². The summed E-state index contributed by atoms with van der Waals surface area (Å²) in [6.07, 6.45) is 0. The van der Waals surface area contributed by atoms with Crippen LogP contribution in [0.2, 0.25) is 5.02 Å². The van der Waals surface area contributed by atoms with Gasteiger partial charge >= 0.3 is 0 Å². The number of rotatable bonds is 1. The van der Waals surface area contributed by atoms with Gasteiger partial charge in [0, 0.05) is 15.4 Å². The van der Waals surface area contributed by atoms with Gasteiger partial charge in [-0.3, -0.25) is 0 Å². The van der Waals surface area contributed by atoms with E-state index in [1.54, 1.807) is 0 Å². The van der Waals surface area contributed by atoms with Crippen LogP contribution in [0.5, 0.6) is 0 Å². The molecule has 0 aliphatic rings. The van der Waals surface area contributed by atoms with Gasteiger partial charge in [0.1, 0.15) is 0 Å². The monoisotopic (exact) mass is 331 g/mol. The molecule has 1 heterocycles. The summed E-state index contributed by atoms with van der Waals surface area (Å²) in [5.41, 5.74) is 4.12. The lowest BCUT2D eigenvalue weighted by atomic mass is 10.1. The Morgan fingerprint density at radius 1 is 1.05 bits per heavy atom. The Balaban J connectivity index is 2.34. The maximum Gasteiger partial charge on any atom is 0.0765 e. The highest BCUT2D eigenvalue weighted by molar-refractivity contribution is 9.10. The third kappa shape index (κ3) is 2.26. The van der Waals surface area contributed by atoms with Crippen LogP contribution in [-0.4, -0.2) is 4.98 Å². The highest BCUT2D eigenvalue weighted by Crippen LogP contribution is 2.34. The van der Waals surface area contributed by atoms with Gasteiger partial charge in [-0.25, -0.2) is 4.98 Å². The van der Waals surface area contributed by atoms with E-state index in [4.69, 9.17) is 16.6 Å². The van der Waals surface area contributed by atoms with Crippen molar-refractivity contribution < 1.29 is 0 Å². The summed E-state index contributed by atoms with van der Waals surface area (Å²) in [6.45, 7) is 2.05. The molecule has 0 radical (unpaired) electrons. The molecule has 3 aromatic rings. The number of nitrogens with zero attached hydrogens (tertiary/aromatic N) is 1. The van der Waals surface area contributed by atoms with Gasteiger partial charge in [0.25, 0.3) is 0 Å². The zero-order valence-corrected chi connectivity index (χ0v) is 12.7. The van der Waals surface area contributed by atoms with Gasteiger partial charge < -0.3 is 0 Å². The Kier molecular flexibility index (Phi) is 3.29. The van der Waals surface area contributed by atoms with E-state index in [0.717, 1.165) is 37.2 Å². The molecule has 0 amide bonds. The van der Waals surface area contributed by atoms with Gasteiger partial charge in [-0.2, -0.15) is 0 Å². The SMILES string of the molecule is Cc1ccc(Cl)c2c(Br)cc(-c3ccccc3)nc12. The fourth-order valence-electron chi connectivity index (χ4n) is 2.14. The Morgan fingerprint density at radius 3 is 2.53 bits per heavy atom. The zero-order chi connectivity index (χ0) is 13.4. The van der Waals surface area contributed by atoms with E-state index in [1.165, 1.54) is 0 Å². The molecule has 0 fully saturated rings. The fraction of sp³-hybridized carbons (Fsp3) is 0.0625. The van der Waals surface area contributed by atoms with Crippen molar-refractivity contribution >= 4 is 38.4 Å². The Hall–Kier alpha value is -1.38. The molecule has 1 aromatic heterocycles. The van der Waals surface area contributed by atoms with Crippen molar-refractivity contribution in [3.63, 3.8) is 0 Å². The number of fused-ring (bicyclic) bond motifs is 1. The van der Waals surface area contributed by atoms with E-state index in [1.807, 2.05) is 43.3 Å². The smallest absolute Gasteiger partial charge is 0.0765 e. The van der Waals surface area contributed by atoms with Crippen molar-refractivity contribution in [1.82, 2.24) is 4.98 Å². The molecule has 94 valence electrons. The number of aryl methyl sites for hydroxylation is 1. The van der Waals surface area contributed by atoms with Crippen LogP contribution in [-0.2, 0) is 0 Å². The van der Waals surface area contributed by atoms with Gasteiger partial charge in [0.2, 0.25) is 0 Å². The molecule has 19 heavy (non-hydrogen) atoms. The number of aromatic nitrogens is 1. The highest BCUT2D eigenvalue weighted by atomic mass is 79.9. The van der Waals surface area contributed by atoms with E-state index in [-0.39, 0.29) is 0 Å². The summed E-state index contributed by atoms with van der Waals surface area (Å²) in [4.78, 5) is 4.75. The van der Waals surface area contributed by atoms with E-state index < -0.39 is 0 Å². The third-order valence-corrected chi connectivity index (χ3v) is 4.07. The predicted molar refractivity (Wildman–Crippen MR) is 84.6 cm³/mol. The minimum absolute atomic E-state index is 0.722. The highest BCUT2D eigenvalue weighted by Gasteiger charge is 2.10. The first-order valence-electron chi connectivity index (χ1n) is 5.97. The summed E-state index contributed by atoms with van der Waals surface area (Å²) in [6, 6.07) is 16.1. The first kappa shape index (κ1) is 12.6. The molecule has 0 unspecified atom stereocenters. The molecule has 0 bridgehead atoms. The van der Waals surface area contributed by atoms with Crippen molar-refractivity contribution in [2.24, 2.45) is 0 Å². The van der Waals surface area contributed by atoms with Crippen LogP contribution in [0, 0.1) is 6.92 Å². The molecule has 2 aromatic carbocycles. The number of benzene rings is 2. The molecule has 1 nitrogen and oxygen atoms in total. The Bertz CT molecular complexity index is 754. The molecule has 3 rings (SSSR count). The largest absolute Gasteiger partial charge is 0.247 e. The van der Waals surface area contributed by atoms with E-state index in [9.17, 15) is 0 Å². The second kappa shape index (κ2) is 4.95. The van der Waals surface area contributed by atoms with Crippen LogP contribution in [0.4, 0.5) is 0 Å².